The average molecular weight is 307 g/mol. The van der Waals surface area contributed by atoms with Crippen molar-refractivity contribution in [2.45, 2.75) is 26.4 Å². The third-order valence-corrected chi connectivity index (χ3v) is 4.26. The number of hydrogen-bond acceptors (Lipinski definition) is 1. The van der Waals surface area contributed by atoms with E-state index in [9.17, 15) is 0 Å². The van der Waals surface area contributed by atoms with Crippen molar-refractivity contribution in [2.24, 2.45) is 0 Å². The second-order valence-corrected chi connectivity index (χ2v) is 6.07. The lowest BCUT2D eigenvalue weighted by molar-refractivity contribution is 0.309. The average Bonchev–Trinajstić information content (AvgIpc) is 2.64. The van der Waals surface area contributed by atoms with Crippen LogP contribution in [0.2, 0.25) is 0 Å². The van der Waals surface area contributed by atoms with Crippen molar-refractivity contribution in [1.29, 1.82) is 0 Å². The van der Waals surface area contributed by atoms with Gasteiger partial charge in [-0.25, -0.2) is 0 Å². The van der Waals surface area contributed by atoms with Gasteiger partial charge in [0.25, 0.3) is 0 Å². The zero-order valence-corrected chi connectivity index (χ0v) is 12.6. The molecule has 0 saturated heterocycles. The van der Waals surface area contributed by atoms with Gasteiger partial charge in [-0.2, -0.15) is 0 Å². The fourth-order valence-electron chi connectivity index (χ4n) is 3.04. The number of benzene rings is 1. The summed E-state index contributed by atoms with van der Waals surface area (Å²) in [5.74, 6) is 0. The summed E-state index contributed by atoms with van der Waals surface area (Å²) >= 11 is 3.58. The summed E-state index contributed by atoms with van der Waals surface area (Å²) < 4.78 is 2.51. The zero-order chi connectivity index (χ0) is 12.7. The fourth-order valence-corrected chi connectivity index (χ4v) is 3.39. The van der Waals surface area contributed by atoms with Crippen molar-refractivity contribution in [1.82, 2.24) is 9.47 Å². The van der Waals surface area contributed by atoms with Crippen LogP contribution in [0.25, 0.3) is 10.9 Å². The first-order chi connectivity index (χ1) is 8.70. The molecular weight excluding hydrogens is 288 g/mol. The quantitative estimate of drug-likeness (QED) is 0.773. The summed E-state index contributed by atoms with van der Waals surface area (Å²) in [5, 5.41) is 2.48. The van der Waals surface area contributed by atoms with E-state index in [-0.39, 0.29) is 0 Å². The Labute approximate surface area is 117 Å². The minimum Gasteiger partial charge on any atom is -0.343 e. The number of hydrogen-bond donors (Lipinski definition) is 0. The first kappa shape index (κ1) is 12.2. The highest BCUT2D eigenvalue weighted by molar-refractivity contribution is 9.09. The number of aromatic nitrogens is 1. The molecule has 1 aliphatic heterocycles. The minimum absolute atomic E-state index is 1.02. The summed E-state index contributed by atoms with van der Waals surface area (Å²) in [4.78, 5) is 2.42. The van der Waals surface area contributed by atoms with Gasteiger partial charge in [-0.05, 0) is 31.7 Å². The Hall–Kier alpha value is -0.800. The molecule has 0 amide bonds. The van der Waals surface area contributed by atoms with Crippen LogP contribution in [-0.4, -0.2) is 28.4 Å². The molecule has 0 atom stereocenters. The van der Waals surface area contributed by atoms with Crippen LogP contribution in [0.3, 0.4) is 0 Å². The lowest BCUT2D eigenvalue weighted by atomic mass is 10.0. The summed E-state index contributed by atoms with van der Waals surface area (Å²) in [7, 11) is 2.21. The molecule has 0 unspecified atom stereocenters. The van der Waals surface area contributed by atoms with Gasteiger partial charge in [-0.1, -0.05) is 27.6 Å². The molecule has 0 aliphatic carbocycles. The number of aryl methyl sites for hydroxylation is 2. The molecule has 2 nitrogen and oxygen atoms in total. The molecule has 0 bridgehead atoms. The van der Waals surface area contributed by atoms with E-state index in [0.717, 1.165) is 18.4 Å². The highest BCUT2D eigenvalue weighted by Crippen LogP contribution is 2.31. The Balaban J connectivity index is 2.26. The molecule has 0 spiro atoms. The number of likely N-dealkylation sites (N-methyl/N-ethyl adjacent to an activating group) is 1. The predicted octanol–water partition coefficient (Wildman–Crippen LogP) is 3.33. The first-order valence-corrected chi connectivity index (χ1v) is 7.68. The smallest absolute Gasteiger partial charge is 0.0486 e. The Bertz CT molecular complexity index is 586. The Kier molecular flexibility index (Phi) is 3.20. The third-order valence-electron chi connectivity index (χ3n) is 3.91. The Morgan fingerprint density at radius 3 is 2.94 bits per heavy atom. The van der Waals surface area contributed by atoms with Crippen molar-refractivity contribution < 1.29 is 0 Å². The zero-order valence-electron chi connectivity index (χ0n) is 11.0. The van der Waals surface area contributed by atoms with Crippen LogP contribution < -0.4 is 0 Å². The standard InChI is InChI=1S/C15H19BrN2/c1-11-3-4-14-12(9-11)13-10-17(2)7-5-15(13)18(14)8-6-16/h3-4,9H,5-8,10H2,1-2H3. The van der Waals surface area contributed by atoms with Crippen molar-refractivity contribution in [3.8, 4) is 0 Å². The molecule has 1 aromatic heterocycles. The molecule has 0 radical (unpaired) electrons. The van der Waals surface area contributed by atoms with Crippen LogP contribution >= 0.6 is 15.9 Å². The molecule has 2 heterocycles. The van der Waals surface area contributed by atoms with Crippen LogP contribution in [0.15, 0.2) is 18.2 Å². The number of rotatable bonds is 2. The maximum Gasteiger partial charge on any atom is 0.0486 e. The van der Waals surface area contributed by atoms with Crippen LogP contribution in [0.4, 0.5) is 0 Å². The summed E-state index contributed by atoms with van der Waals surface area (Å²) in [6, 6.07) is 6.85. The van der Waals surface area contributed by atoms with E-state index in [1.165, 1.54) is 29.4 Å². The fraction of sp³-hybridized carbons (Fsp3) is 0.467. The molecule has 96 valence electrons. The molecule has 2 aromatic rings. The van der Waals surface area contributed by atoms with Crippen molar-refractivity contribution in [3.63, 3.8) is 0 Å². The van der Waals surface area contributed by atoms with Gasteiger partial charge in [0.1, 0.15) is 0 Å². The molecule has 1 aromatic carbocycles. The van der Waals surface area contributed by atoms with Gasteiger partial charge >= 0.3 is 0 Å². The normalized spacial score (nSPS) is 16.2. The second-order valence-electron chi connectivity index (χ2n) is 5.27. The SMILES string of the molecule is Cc1ccc2c(c1)c1c(n2CCBr)CCN(C)C1. The Morgan fingerprint density at radius 1 is 1.33 bits per heavy atom. The largest absolute Gasteiger partial charge is 0.343 e. The molecule has 3 heteroatoms. The summed E-state index contributed by atoms with van der Waals surface area (Å²) in [5.41, 5.74) is 5.85. The maximum atomic E-state index is 3.58. The lowest BCUT2D eigenvalue weighted by Gasteiger charge is -2.24. The van der Waals surface area contributed by atoms with Gasteiger partial charge in [0, 0.05) is 48.0 Å². The van der Waals surface area contributed by atoms with Crippen LogP contribution in [0.5, 0.6) is 0 Å². The Morgan fingerprint density at radius 2 is 2.17 bits per heavy atom. The van der Waals surface area contributed by atoms with Gasteiger partial charge in [-0.15, -0.1) is 0 Å². The van der Waals surface area contributed by atoms with Crippen molar-refractivity contribution in [2.75, 3.05) is 18.9 Å². The van der Waals surface area contributed by atoms with E-state index in [1.54, 1.807) is 11.3 Å². The van der Waals surface area contributed by atoms with Crippen molar-refractivity contribution >= 4 is 26.8 Å². The first-order valence-electron chi connectivity index (χ1n) is 6.56. The van der Waals surface area contributed by atoms with Crippen LogP contribution in [-0.2, 0) is 19.5 Å². The summed E-state index contributed by atoms with van der Waals surface area (Å²) in [6.45, 7) is 5.51. The van der Waals surface area contributed by atoms with Gasteiger partial charge in [-0.3, -0.25) is 0 Å². The van der Waals surface area contributed by atoms with Gasteiger partial charge < -0.3 is 9.47 Å². The van der Waals surface area contributed by atoms with Gasteiger partial charge in [0.2, 0.25) is 0 Å². The van der Waals surface area contributed by atoms with Crippen molar-refractivity contribution in [3.05, 3.63) is 35.0 Å². The highest BCUT2D eigenvalue weighted by atomic mass is 79.9. The molecule has 18 heavy (non-hydrogen) atoms. The molecule has 0 saturated carbocycles. The van der Waals surface area contributed by atoms with E-state index < -0.39 is 0 Å². The topological polar surface area (TPSA) is 8.17 Å². The van der Waals surface area contributed by atoms with E-state index in [0.29, 0.717) is 0 Å². The van der Waals surface area contributed by atoms with Gasteiger partial charge in [0.15, 0.2) is 0 Å². The summed E-state index contributed by atoms with van der Waals surface area (Å²) in [6.07, 6.45) is 1.17. The van der Waals surface area contributed by atoms with E-state index in [2.05, 4.69) is 57.6 Å². The second kappa shape index (κ2) is 4.71. The monoisotopic (exact) mass is 306 g/mol. The third kappa shape index (κ3) is 1.90. The van der Waals surface area contributed by atoms with Crippen LogP contribution in [0, 0.1) is 6.92 Å². The maximum absolute atomic E-state index is 3.58. The minimum atomic E-state index is 1.02. The molecule has 1 aliphatic rings. The predicted molar refractivity (Wildman–Crippen MR) is 80.5 cm³/mol. The molecular formula is C15H19BrN2. The lowest BCUT2D eigenvalue weighted by Crippen LogP contribution is -2.27. The van der Waals surface area contributed by atoms with E-state index in [4.69, 9.17) is 0 Å². The van der Waals surface area contributed by atoms with Gasteiger partial charge in [0.05, 0.1) is 0 Å². The molecule has 0 N–H and O–H groups in total. The molecule has 0 fully saturated rings. The van der Waals surface area contributed by atoms with Crippen LogP contribution in [0.1, 0.15) is 16.8 Å². The highest BCUT2D eigenvalue weighted by Gasteiger charge is 2.21. The number of alkyl halides is 1. The van der Waals surface area contributed by atoms with E-state index >= 15 is 0 Å². The molecule has 3 rings (SSSR count). The van der Waals surface area contributed by atoms with E-state index in [1.807, 2.05) is 0 Å². The number of nitrogens with zero attached hydrogens (tertiary/aromatic N) is 2. The number of halogens is 1. The number of fused-ring (bicyclic) bond motifs is 3.